The standard InChI is InChI=1S/C16H18N2O2/c1-2-10-7-8-13-14(9-10)18-15(17-13)11-5-3-4-6-12(11)16(19)20/h3-4,7-9,11-12H,2,5-6H2,1H3,(H,17,18)(H,19,20). The van der Waals surface area contributed by atoms with Crippen LogP contribution in [0.25, 0.3) is 11.0 Å². The summed E-state index contributed by atoms with van der Waals surface area (Å²) in [6, 6.07) is 6.17. The van der Waals surface area contributed by atoms with Crippen LogP contribution in [0.3, 0.4) is 0 Å². The highest BCUT2D eigenvalue weighted by Gasteiger charge is 2.31. The van der Waals surface area contributed by atoms with Crippen LogP contribution in [-0.2, 0) is 11.2 Å². The van der Waals surface area contributed by atoms with Crippen LogP contribution in [-0.4, -0.2) is 21.0 Å². The molecule has 4 heteroatoms. The minimum Gasteiger partial charge on any atom is -0.481 e. The number of aromatic nitrogens is 2. The van der Waals surface area contributed by atoms with Crippen molar-refractivity contribution < 1.29 is 9.90 Å². The summed E-state index contributed by atoms with van der Waals surface area (Å²) in [5.74, 6) is -0.389. The van der Waals surface area contributed by atoms with Crippen molar-refractivity contribution in [3.05, 3.63) is 41.7 Å². The van der Waals surface area contributed by atoms with E-state index in [2.05, 4.69) is 35.1 Å². The number of allylic oxidation sites excluding steroid dienone is 2. The lowest BCUT2D eigenvalue weighted by Gasteiger charge is -2.23. The van der Waals surface area contributed by atoms with E-state index in [1.54, 1.807) is 0 Å². The highest BCUT2D eigenvalue weighted by atomic mass is 16.4. The quantitative estimate of drug-likeness (QED) is 0.841. The van der Waals surface area contributed by atoms with Gasteiger partial charge >= 0.3 is 5.97 Å². The van der Waals surface area contributed by atoms with Crippen LogP contribution in [0.4, 0.5) is 0 Å². The number of carboxylic acid groups (broad SMARTS) is 1. The van der Waals surface area contributed by atoms with Crippen LogP contribution in [0.2, 0.25) is 0 Å². The number of aryl methyl sites for hydroxylation is 1. The summed E-state index contributed by atoms with van der Waals surface area (Å²) in [5.41, 5.74) is 3.17. The molecule has 0 saturated heterocycles. The molecule has 1 aliphatic carbocycles. The number of nitrogens with zero attached hydrogens (tertiary/aromatic N) is 1. The summed E-state index contributed by atoms with van der Waals surface area (Å²) >= 11 is 0. The molecule has 2 aromatic rings. The second kappa shape index (κ2) is 5.12. The molecule has 2 N–H and O–H groups in total. The third kappa shape index (κ3) is 2.22. The first-order valence-corrected chi connectivity index (χ1v) is 7.05. The highest BCUT2D eigenvalue weighted by Crippen LogP contribution is 2.34. The molecular formula is C16H18N2O2. The summed E-state index contributed by atoms with van der Waals surface area (Å²) in [6.07, 6.45) is 6.30. The van der Waals surface area contributed by atoms with Gasteiger partial charge in [0, 0.05) is 5.92 Å². The molecule has 4 nitrogen and oxygen atoms in total. The van der Waals surface area contributed by atoms with E-state index in [0.29, 0.717) is 6.42 Å². The van der Waals surface area contributed by atoms with Crippen molar-refractivity contribution in [3.8, 4) is 0 Å². The van der Waals surface area contributed by atoms with Gasteiger partial charge in [-0.1, -0.05) is 25.1 Å². The Balaban J connectivity index is 2.00. The summed E-state index contributed by atoms with van der Waals surface area (Å²) in [4.78, 5) is 19.3. The second-order valence-electron chi connectivity index (χ2n) is 5.32. The van der Waals surface area contributed by atoms with Crippen molar-refractivity contribution in [2.45, 2.75) is 32.1 Å². The van der Waals surface area contributed by atoms with Crippen LogP contribution >= 0.6 is 0 Å². The minimum absolute atomic E-state index is 0.0602. The summed E-state index contributed by atoms with van der Waals surface area (Å²) in [5, 5.41) is 9.35. The SMILES string of the molecule is CCc1ccc2nc(C3CC=CCC3C(=O)O)[nH]c2c1. The molecule has 3 rings (SSSR count). The number of fused-ring (bicyclic) bond motifs is 1. The molecule has 1 aromatic carbocycles. The van der Waals surface area contributed by atoms with E-state index in [0.717, 1.165) is 29.7 Å². The van der Waals surface area contributed by atoms with Gasteiger partial charge in [0.2, 0.25) is 0 Å². The Morgan fingerprint density at radius 1 is 1.40 bits per heavy atom. The van der Waals surface area contributed by atoms with Crippen molar-refractivity contribution in [2.24, 2.45) is 5.92 Å². The number of imidazole rings is 1. The lowest BCUT2D eigenvalue weighted by molar-refractivity contribution is -0.142. The van der Waals surface area contributed by atoms with Crippen molar-refractivity contribution in [3.63, 3.8) is 0 Å². The average molecular weight is 270 g/mol. The average Bonchev–Trinajstić information content (AvgIpc) is 2.89. The molecule has 0 spiro atoms. The highest BCUT2D eigenvalue weighted by molar-refractivity contribution is 5.77. The Hall–Kier alpha value is -2.10. The fraction of sp³-hybridized carbons (Fsp3) is 0.375. The third-order valence-corrected chi connectivity index (χ3v) is 4.07. The van der Waals surface area contributed by atoms with Crippen molar-refractivity contribution >= 4 is 17.0 Å². The fourth-order valence-corrected chi connectivity index (χ4v) is 2.86. The zero-order valence-electron chi connectivity index (χ0n) is 11.5. The molecular weight excluding hydrogens is 252 g/mol. The second-order valence-corrected chi connectivity index (χ2v) is 5.32. The Labute approximate surface area is 117 Å². The summed E-state index contributed by atoms with van der Waals surface area (Å²) in [6.45, 7) is 2.12. The van der Waals surface area contributed by atoms with Crippen LogP contribution in [0.5, 0.6) is 0 Å². The van der Waals surface area contributed by atoms with E-state index >= 15 is 0 Å². The first kappa shape index (κ1) is 12.9. The summed E-state index contributed by atoms with van der Waals surface area (Å²) < 4.78 is 0. The molecule has 0 bridgehead atoms. The normalized spacial score (nSPS) is 22.2. The van der Waals surface area contributed by atoms with Gasteiger partial charge in [0.25, 0.3) is 0 Å². The molecule has 0 amide bonds. The number of carbonyl (C=O) groups is 1. The van der Waals surface area contributed by atoms with Gasteiger partial charge in [0.1, 0.15) is 5.82 Å². The van der Waals surface area contributed by atoms with Gasteiger partial charge in [-0.15, -0.1) is 0 Å². The van der Waals surface area contributed by atoms with Gasteiger partial charge in [0.05, 0.1) is 17.0 Å². The number of hydrogen-bond donors (Lipinski definition) is 2. The molecule has 2 atom stereocenters. The zero-order chi connectivity index (χ0) is 14.1. The number of benzene rings is 1. The first-order valence-electron chi connectivity index (χ1n) is 7.05. The number of rotatable bonds is 3. The number of aliphatic carboxylic acids is 1. The van der Waals surface area contributed by atoms with Gasteiger partial charge in [-0.05, 0) is 37.0 Å². The van der Waals surface area contributed by atoms with Crippen molar-refractivity contribution in [1.82, 2.24) is 9.97 Å². The van der Waals surface area contributed by atoms with Crippen LogP contribution in [0, 0.1) is 5.92 Å². The number of H-pyrrole nitrogens is 1. The largest absolute Gasteiger partial charge is 0.481 e. The molecule has 1 aromatic heterocycles. The van der Waals surface area contributed by atoms with Crippen molar-refractivity contribution in [2.75, 3.05) is 0 Å². The van der Waals surface area contributed by atoms with E-state index < -0.39 is 5.97 Å². The fourth-order valence-electron chi connectivity index (χ4n) is 2.86. The van der Waals surface area contributed by atoms with E-state index in [9.17, 15) is 9.90 Å². The van der Waals surface area contributed by atoms with Crippen LogP contribution in [0.15, 0.2) is 30.4 Å². The summed E-state index contributed by atoms with van der Waals surface area (Å²) in [7, 11) is 0. The third-order valence-electron chi connectivity index (χ3n) is 4.07. The van der Waals surface area contributed by atoms with Gasteiger partial charge in [-0.3, -0.25) is 4.79 Å². The molecule has 0 fully saturated rings. The zero-order valence-corrected chi connectivity index (χ0v) is 11.5. The lowest BCUT2D eigenvalue weighted by Crippen LogP contribution is -2.24. The van der Waals surface area contributed by atoms with E-state index in [1.165, 1.54) is 5.56 Å². The predicted octanol–water partition coefficient (Wildman–Crippen LogP) is 3.26. The van der Waals surface area contributed by atoms with Gasteiger partial charge in [0.15, 0.2) is 0 Å². The first-order chi connectivity index (χ1) is 9.69. The Morgan fingerprint density at radius 2 is 2.20 bits per heavy atom. The Morgan fingerprint density at radius 3 is 2.95 bits per heavy atom. The topological polar surface area (TPSA) is 66.0 Å². The maximum absolute atomic E-state index is 11.4. The maximum Gasteiger partial charge on any atom is 0.307 e. The molecule has 20 heavy (non-hydrogen) atoms. The predicted molar refractivity (Wildman–Crippen MR) is 77.7 cm³/mol. The monoisotopic (exact) mass is 270 g/mol. The maximum atomic E-state index is 11.4. The van der Waals surface area contributed by atoms with Crippen LogP contribution in [0.1, 0.15) is 37.1 Å². The van der Waals surface area contributed by atoms with Crippen LogP contribution < -0.4 is 0 Å². The number of carboxylic acids is 1. The smallest absolute Gasteiger partial charge is 0.307 e. The molecule has 1 aliphatic rings. The van der Waals surface area contributed by atoms with E-state index in [4.69, 9.17) is 0 Å². The Kier molecular flexibility index (Phi) is 3.30. The van der Waals surface area contributed by atoms with Gasteiger partial charge in [-0.25, -0.2) is 4.98 Å². The van der Waals surface area contributed by atoms with E-state index in [-0.39, 0.29) is 11.8 Å². The van der Waals surface area contributed by atoms with Gasteiger partial charge < -0.3 is 10.1 Å². The number of nitrogens with one attached hydrogen (secondary N) is 1. The Bertz CT molecular complexity index is 672. The number of aromatic amines is 1. The van der Waals surface area contributed by atoms with Gasteiger partial charge in [-0.2, -0.15) is 0 Å². The lowest BCUT2D eigenvalue weighted by atomic mass is 9.82. The number of hydrogen-bond acceptors (Lipinski definition) is 2. The molecule has 2 unspecified atom stereocenters. The molecule has 0 aliphatic heterocycles. The molecule has 0 saturated carbocycles. The molecule has 1 heterocycles. The molecule has 0 radical (unpaired) electrons. The minimum atomic E-state index is -0.742. The van der Waals surface area contributed by atoms with Crippen molar-refractivity contribution in [1.29, 1.82) is 0 Å². The molecule has 104 valence electrons. The van der Waals surface area contributed by atoms with E-state index in [1.807, 2.05) is 12.1 Å².